The number of carbonyl (C=O) groups is 1. The minimum atomic E-state index is -0.00690. The summed E-state index contributed by atoms with van der Waals surface area (Å²) in [6.45, 7) is 12.7. The van der Waals surface area contributed by atoms with Crippen LogP contribution in [0.5, 0.6) is 0 Å². The molecule has 1 aromatic heterocycles. The van der Waals surface area contributed by atoms with Gasteiger partial charge in [0.15, 0.2) is 11.2 Å². The predicted molar refractivity (Wildman–Crippen MR) is 108 cm³/mol. The van der Waals surface area contributed by atoms with Gasteiger partial charge in [0.05, 0.1) is 18.2 Å². The lowest BCUT2D eigenvalue weighted by Crippen LogP contribution is -3.12. The molecule has 144 valence electrons. The van der Waals surface area contributed by atoms with Gasteiger partial charge >= 0.3 is 0 Å². The van der Waals surface area contributed by atoms with Crippen molar-refractivity contribution in [2.75, 3.05) is 6.54 Å². The third-order valence-corrected chi connectivity index (χ3v) is 6.80. The highest BCUT2D eigenvalue weighted by molar-refractivity contribution is 5.97. The summed E-state index contributed by atoms with van der Waals surface area (Å²) < 4.78 is 0. The average Bonchev–Trinajstić information content (AvgIpc) is 2.79. The molecule has 0 spiro atoms. The summed E-state index contributed by atoms with van der Waals surface area (Å²) >= 11 is 0. The minimum Gasteiger partial charge on any atom is -0.358 e. The lowest BCUT2D eigenvalue weighted by Gasteiger charge is -2.37. The molecule has 4 rings (SSSR count). The number of fused-ring (bicyclic) bond motifs is 3. The van der Waals surface area contributed by atoms with Crippen LogP contribution in [0.1, 0.15) is 68.6 Å². The third kappa shape index (κ3) is 3.25. The Labute approximate surface area is 161 Å². The van der Waals surface area contributed by atoms with E-state index in [1.165, 1.54) is 19.3 Å². The van der Waals surface area contributed by atoms with Crippen molar-refractivity contribution in [1.29, 1.82) is 0 Å². The molecular weight excluding hydrogens is 336 g/mol. The molecule has 1 aromatic carbocycles. The van der Waals surface area contributed by atoms with Gasteiger partial charge in [-0.15, -0.1) is 0 Å². The van der Waals surface area contributed by atoms with Gasteiger partial charge in [-0.2, -0.15) is 0 Å². The number of hydrogen-bond donors (Lipinski definition) is 2. The molecule has 0 amide bonds. The summed E-state index contributed by atoms with van der Waals surface area (Å²) in [6, 6.07) is 6.03. The normalized spacial score (nSPS) is 29.2. The smallest absolute Gasteiger partial charge is 0.198 e. The highest BCUT2D eigenvalue weighted by atomic mass is 16.1. The Morgan fingerprint density at radius 3 is 2.70 bits per heavy atom. The molecule has 1 aliphatic heterocycles. The van der Waals surface area contributed by atoms with Crippen LogP contribution in [0.25, 0.3) is 10.9 Å². The number of aromatic amines is 1. The largest absolute Gasteiger partial charge is 0.358 e. The molecule has 3 atom stereocenters. The van der Waals surface area contributed by atoms with E-state index in [9.17, 15) is 9.59 Å². The minimum absolute atomic E-state index is 0.00690. The molecule has 4 heteroatoms. The first-order valence-electron chi connectivity index (χ1n) is 10.1. The summed E-state index contributed by atoms with van der Waals surface area (Å²) in [6.07, 6.45) is 3.77. The Bertz CT molecular complexity index is 988. The number of hydrogen-bond acceptors (Lipinski definition) is 2. The molecule has 2 aromatic rings. The predicted octanol–water partition coefficient (Wildman–Crippen LogP) is 3.02. The SMILES string of the molecule is CC(=O)c1ccc2[nH]c(C)c(C[NH+]3CC4(C)CC3CC(C)(C)C4)c(=O)c2c1. The molecule has 27 heavy (non-hydrogen) atoms. The van der Waals surface area contributed by atoms with Crippen molar-refractivity contribution in [3.63, 3.8) is 0 Å². The summed E-state index contributed by atoms with van der Waals surface area (Å²) in [4.78, 5) is 30.0. The number of ketones is 1. The van der Waals surface area contributed by atoms with E-state index >= 15 is 0 Å². The average molecular weight is 368 g/mol. The van der Waals surface area contributed by atoms with Gasteiger partial charge in [-0.25, -0.2) is 0 Å². The number of nitrogens with one attached hydrogen (secondary N) is 2. The fourth-order valence-corrected chi connectivity index (χ4v) is 6.07. The van der Waals surface area contributed by atoms with Gasteiger partial charge in [0, 0.05) is 40.4 Å². The summed E-state index contributed by atoms with van der Waals surface area (Å²) in [5, 5.41) is 0.636. The Hall–Kier alpha value is -1.94. The molecule has 1 aliphatic carbocycles. The van der Waals surface area contributed by atoms with Crippen LogP contribution in [0, 0.1) is 17.8 Å². The first-order chi connectivity index (χ1) is 12.6. The number of H-pyrrole nitrogens is 1. The first-order valence-corrected chi connectivity index (χ1v) is 10.1. The molecule has 3 unspecified atom stereocenters. The third-order valence-electron chi connectivity index (χ3n) is 6.80. The lowest BCUT2D eigenvalue weighted by molar-refractivity contribution is -0.928. The fraction of sp³-hybridized carbons (Fsp3) is 0.565. The van der Waals surface area contributed by atoms with Crippen LogP contribution in [0.4, 0.5) is 0 Å². The Morgan fingerprint density at radius 2 is 2.00 bits per heavy atom. The van der Waals surface area contributed by atoms with Gasteiger partial charge in [0.25, 0.3) is 0 Å². The van der Waals surface area contributed by atoms with E-state index in [-0.39, 0.29) is 11.2 Å². The quantitative estimate of drug-likeness (QED) is 0.820. The van der Waals surface area contributed by atoms with Crippen LogP contribution in [-0.2, 0) is 6.54 Å². The van der Waals surface area contributed by atoms with E-state index in [1.807, 2.05) is 13.0 Å². The summed E-state index contributed by atoms with van der Waals surface area (Å²) in [5.41, 5.74) is 4.12. The van der Waals surface area contributed by atoms with Crippen molar-refractivity contribution in [2.24, 2.45) is 10.8 Å². The highest BCUT2D eigenvalue weighted by Gasteiger charge is 2.52. The highest BCUT2D eigenvalue weighted by Crippen LogP contribution is 2.47. The zero-order valence-electron chi connectivity index (χ0n) is 17.2. The maximum absolute atomic E-state index is 13.3. The maximum Gasteiger partial charge on any atom is 0.198 e. The second-order valence-corrected chi connectivity index (χ2v) is 10.1. The molecule has 1 saturated heterocycles. The van der Waals surface area contributed by atoms with E-state index in [2.05, 4.69) is 25.8 Å². The molecule has 0 radical (unpaired) electrons. The number of likely N-dealkylation sites (tertiary alicyclic amines) is 1. The number of Topliss-reactive ketones (excluding diaryl/α,β-unsaturated/α-hetero) is 1. The number of carbonyl (C=O) groups excluding carboxylic acids is 1. The van der Waals surface area contributed by atoms with Crippen LogP contribution in [0.15, 0.2) is 23.0 Å². The van der Waals surface area contributed by atoms with Gasteiger partial charge in [-0.3, -0.25) is 9.59 Å². The second kappa shape index (κ2) is 6.03. The van der Waals surface area contributed by atoms with Gasteiger partial charge in [-0.1, -0.05) is 20.8 Å². The van der Waals surface area contributed by atoms with Crippen LogP contribution >= 0.6 is 0 Å². The van der Waals surface area contributed by atoms with E-state index in [0.717, 1.165) is 29.9 Å². The fourth-order valence-electron chi connectivity index (χ4n) is 6.07. The molecule has 2 heterocycles. The first kappa shape index (κ1) is 18.4. The van der Waals surface area contributed by atoms with Gasteiger partial charge in [-0.05, 0) is 43.9 Å². The van der Waals surface area contributed by atoms with E-state index < -0.39 is 0 Å². The zero-order chi connectivity index (χ0) is 19.6. The van der Waals surface area contributed by atoms with Crippen molar-refractivity contribution in [3.8, 4) is 0 Å². The van der Waals surface area contributed by atoms with E-state index in [1.54, 1.807) is 24.0 Å². The molecule has 2 fully saturated rings. The van der Waals surface area contributed by atoms with Gasteiger partial charge in [0.1, 0.15) is 6.54 Å². The zero-order valence-corrected chi connectivity index (χ0v) is 17.2. The lowest BCUT2D eigenvalue weighted by atomic mass is 9.65. The van der Waals surface area contributed by atoms with Crippen LogP contribution in [0.3, 0.4) is 0 Å². The van der Waals surface area contributed by atoms with Crippen LogP contribution in [-0.4, -0.2) is 23.4 Å². The Morgan fingerprint density at radius 1 is 1.26 bits per heavy atom. The Balaban J connectivity index is 1.72. The number of pyridine rings is 1. The standard InChI is InChI=1S/C23H30N2O2/c1-14-19(11-25-13-23(5)10-17(25)9-22(3,4)12-23)21(27)18-8-16(15(2)26)6-7-20(18)24-14/h6-8,17H,9-13H2,1-5H3,(H,24,27)/p+1. The molecule has 2 N–H and O–H groups in total. The van der Waals surface area contributed by atoms with Crippen LogP contribution in [0.2, 0.25) is 0 Å². The number of quaternary nitrogens is 1. The van der Waals surface area contributed by atoms with E-state index in [0.29, 0.717) is 27.8 Å². The van der Waals surface area contributed by atoms with Crippen molar-refractivity contribution in [3.05, 3.63) is 45.2 Å². The van der Waals surface area contributed by atoms with Crippen molar-refractivity contribution in [1.82, 2.24) is 4.98 Å². The number of benzene rings is 1. The molecule has 4 nitrogen and oxygen atoms in total. The molecular formula is C23H31N2O2+. The molecule has 1 saturated carbocycles. The van der Waals surface area contributed by atoms with Crippen molar-refractivity contribution in [2.45, 2.75) is 66.5 Å². The maximum atomic E-state index is 13.3. The second-order valence-electron chi connectivity index (χ2n) is 10.1. The van der Waals surface area contributed by atoms with Gasteiger partial charge in [0.2, 0.25) is 0 Å². The monoisotopic (exact) mass is 367 g/mol. The van der Waals surface area contributed by atoms with Crippen molar-refractivity contribution >= 4 is 16.7 Å². The molecule has 2 bridgehead atoms. The summed E-state index contributed by atoms with van der Waals surface area (Å²) in [7, 11) is 0. The topological polar surface area (TPSA) is 54.4 Å². The number of aryl methyl sites for hydroxylation is 1. The summed E-state index contributed by atoms with van der Waals surface area (Å²) in [5.74, 6) is -0.00690. The number of aromatic nitrogens is 1. The van der Waals surface area contributed by atoms with E-state index in [4.69, 9.17) is 0 Å². The molecule has 2 aliphatic rings. The Kier molecular flexibility index (Phi) is 4.12. The van der Waals surface area contributed by atoms with Gasteiger partial charge < -0.3 is 9.88 Å². The number of rotatable bonds is 3. The van der Waals surface area contributed by atoms with Crippen molar-refractivity contribution < 1.29 is 9.69 Å². The van der Waals surface area contributed by atoms with Crippen LogP contribution < -0.4 is 10.3 Å².